The Morgan fingerprint density at radius 3 is 2.82 bits per heavy atom. The van der Waals surface area contributed by atoms with Gasteiger partial charge < -0.3 is 5.73 Å². The van der Waals surface area contributed by atoms with E-state index in [-0.39, 0.29) is 10.6 Å². The Kier molecular flexibility index (Phi) is 3.19. The molecule has 0 aliphatic carbocycles. The molecule has 1 aromatic heterocycles. The first-order valence-electron chi connectivity index (χ1n) is 5.57. The maximum atomic E-state index is 13.3. The number of nitrogens with two attached hydrogens (primary N) is 1. The lowest BCUT2D eigenvalue weighted by Crippen LogP contribution is -2.14. The minimum atomic E-state index is -0.463. The molecule has 0 amide bonds. The summed E-state index contributed by atoms with van der Waals surface area (Å²) in [6, 6.07) is 2.88. The van der Waals surface area contributed by atoms with Crippen LogP contribution in [-0.2, 0) is 6.54 Å². The van der Waals surface area contributed by atoms with E-state index in [0.717, 1.165) is 23.3 Å². The van der Waals surface area contributed by atoms with Gasteiger partial charge in [0.25, 0.3) is 0 Å². The number of nitrogen functional groups attached to an aromatic ring is 1. The fraction of sp³-hybridized carbons (Fsp3) is 0.417. The van der Waals surface area contributed by atoms with Crippen LogP contribution >= 0.6 is 11.3 Å². The van der Waals surface area contributed by atoms with Gasteiger partial charge >= 0.3 is 4.87 Å². The number of nitrogens with zero attached hydrogens (tertiary/aromatic N) is 1. The number of fused-ring (bicyclic) bond motifs is 1. The Morgan fingerprint density at radius 1 is 1.47 bits per heavy atom. The lowest BCUT2D eigenvalue weighted by atomic mass is 10.1. The number of aromatic nitrogens is 1. The average molecular weight is 254 g/mol. The van der Waals surface area contributed by atoms with Crippen LogP contribution in [0.4, 0.5) is 10.1 Å². The largest absolute Gasteiger partial charge is 0.396 e. The second-order valence-corrected chi connectivity index (χ2v) is 5.54. The molecule has 0 bridgehead atoms. The molecule has 1 aromatic carbocycles. The maximum Gasteiger partial charge on any atom is 0.308 e. The van der Waals surface area contributed by atoms with Crippen LogP contribution in [-0.4, -0.2) is 4.57 Å². The fourth-order valence-corrected chi connectivity index (χ4v) is 2.62. The minimum absolute atomic E-state index is 0.0503. The van der Waals surface area contributed by atoms with Crippen LogP contribution in [0.1, 0.15) is 20.3 Å². The van der Waals surface area contributed by atoms with Gasteiger partial charge in [-0.05, 0) is 24.5 Å². The van der Waals surface area contributed by atoms with Crippen molar-refractivity contribution < 1.29 is 4.39 Å². The standard InChI is InChI=1S/C12H15FN2OS/c1-7(2)3-4-15-10-6-9(14)8(13)5-11(10)17-12(15)16/h5-7H,3-4,14H2,1-2H3. The van der Waals surface area contributed by atoms with Gasteiger partial charge in [0, 0.05) is 6.54 Å². The molecule has 2 rings (SSSR count). The highest BCUT2D eigenvalue weighted by molar-refractivity contribution is 7.16. The third-order valence-electron chi connectivity index (χ3n) is 2.72. The summed E-state index contributed by atoms with van der Waals surface area (Å²) in [5.41, 5.74) is 6.36. The normalized spacial score (nSPS) is 11.5. The zero-order chi connectivity index (χ0) is 12.6. The molecule has 0 saturated heterocycles. The quantitative estimate of drug-likeness (QED) is 0.856. The molecule has 0 saturated carbocycles. The first kappa shape index (κ1) is 12.1. The number of halogens is 1. The Balaban J connectivity index is 2.51. The van der Waals surface area contributed by atoms with E-state index >= 15 is 0 Å². The van der Waals surface area contributed by atoms with Crippen molar-refractivity contribution in [3.8, 4) is 0 Å². The highest BCUT2D eigenvalue weighted by atomic mass is 32.1. The SMILES string of the molecule is CC(C)CCn1c(=O)sc2cc(F)c(N)cc21. The monoisotopic (exact) mass is 254 g/mol. The second kappa shape index (κ2) is 4.49. The summed E-state index contributed by atoms with van der Waals surface area (Å²) in [5, 5.41) is 0. The highest BCUT2D eigenvalue weighted by Crippen LogP contribution is 2.23. The van der Waals surface area contributed by atoms with Gasteiger partial charge in [0.2, 0.25) is 0 Å². The number of aryl methyl sites for hydroxylation is 1. The number of thiazole rings is 1. The molecule has 0 aliphatic heterocycles. The van der Waals surface area contributed by atoms with E-state index in [4.69, 9.17) is 5.73 Å². The van der Waals surface area contributed by atoms with E-state index in [1.165, 1.54) is 6.07 Å². The van der Waals surface area contributed by atoms with Crippen molar-refractivity contribution in [2.45, 2.75) is 26.8 Å². The molecule has 92 valence electrons. The van der Waals surface area contributed by atoms with Crippen LogP contribution in [0.15, 0.2) is 16.9 Å². The van der Waals surface area contributed by atoms with Crippen molar-refractivity contribution >= 4 is 27.2 Å². The average Bonchev–Trinajstić information content (AvgIpc) is 2.52. The molecule has 17 heavy (non-hydrogen) atoms. The van der Waals surface area contributed by atoms with Gasteiger partial charge in [-0.3, -0.25) is 9.36 Å². The number of hydrogen-bond donors (Lipinski definition) is 1. The van der Waals surface area contributed by atoms with Gasteiger partial charge in [-0.2, -0.15) is 0 Å². The van der Waals surface area contributed by atoms with Crippen LogP contribution in [0.2, 0.25) is 0 Å². The maximum absolute atomic E-state index is 13.3. The topological polar surface area (TPSA) is 48.0 Å². The van der Waals surface area contributed by atoms with Crippen LogP contribution in [0.3, 0.4) is 0 Å². The van der Waals surface area contributed by atoms with E-state index in [0.29, 0.717) is 17.2 Å². The van der Waals surface area contributed by atoms with Crippen molar-refractivity contribution in [3.05, 3.63) is 27.6 Å². The van der Waals surface area contributed by atoms with Crippen LogP contribution in [0.25, 0.3) is 10.2 Å². The molecule has 0 aliphatic rings. The number of rotatable bonds is 3. The third-order valence-corrected chi connectivity index (χ3v) is 3.66. The lowest BCUT2D eigenvalue weighted by molar-refractivity contribution is 0.520. The van der Waals surface area contributed by atoms with Crippen molar-refractivity contribution in [1.29, 1.82) is 0 Å². The summed E-state index contributed by atoms with van der Waals surface area (Å²) < 4.78 is 15.6. The van der Waals surface area contributed by atoms with Crippen LogP contribution < -0.4 is 10.6 Å². The van der Waals surface area contributed by atoms with Crippen molar-refractivity contribution in [2.24, 2.45) is 5.92 Å². The van der Waals surface area contributed by atoms with Crippen LogP contribution in [0, 0.1) is 11.7 Å². The number of benzene rings is 1. The minimum Gasteiger partial charge on any atom is -0.396 e. The predicted octanol–water partition coefficient (Wildman–Crippen LogP) is 2.83. The Labute approximate surface area is 103 Å². The van der Waals surface area contributed by atoms with Crippen molar-refractivity contribution in [1.82, 2.24) is 4.57 Å². The lowest BCUT2D eigenvalue weighted by Gasteiger charge is -2.06. The van der Waals surface area contributed by atoms with Crippen molar-refractivity contribution in [3.63, 3.8) is 0 Å². The summed E-state index contributed by atoms with van der Waals surface area (Å²) in [7, 11) is 0. The smallest absolute Gasteiger partial charge is 0.308 e. The molecule has 5 heteroatoms. The molecule has 2 N–H and O–H groups in total. The highest BCUT2D eigenvalue weighted by Gasteiger charge is 2.10. The Morgan fingerprint density at radius 2 is 2.18 bits per heavy atom. The zero-order valence-electron chi connectivity index (χ0n) is 9.87. The summed E-state index contributed by atoms with van der Waals surface area (Å²) in [4.78, 5) is 11.7. The number of anilines is 1. The van der Waals surface area contributed by atoms with E-state index in [1.807, 2.05) is 0 Å². The van der Waals surface area contributed by atoms with E-state index in [2.05, 4.69) is 13.8 Å². The summed E-state index contributed by atoms with van der Waals surface area (Å²) in [5.74, 6) is 0.0596. The molecule has 0 unspecified atom stereocenters. The zero-order valence-corrected chi connectivity index (χ0v) is 10.7. The van der Waals surface area contributed by atoms with Gasteiger partial charge in [0.1, 0.15) is 5.82 Å². The second-order valence-electron chi connectivity index (χ2n) is 4.54. The Bertz CT molecular complexity index is 600. The third kappa shape index (κ3) is 2.34. The molecule has 2 aromatic rings. The van der Waals surface area contributed by atoms with Crippen LogP contribution in [0.5, 0.6) is 0 Å². The molecule has 0 radical (unpaired) electrons. The molecule has 0 spiro atoms. The fourth-order valence-electron chi connectivity index (χ4n) is 1.70. The number of hydrogen-bond acceptors (Lipinski definition) is 3. The van der Waals surface area contributed by atoms with Gasteiger partial charge in [0.15, 0.2) is 0 Å². The van der Waals surface area contributed by atoms with Crippen molar-refractivity contribution in [2.75, 3.05) is 5.73 Å². The molecular weight excluding hydrogens is 239 g/mol. The van der Waals surface area contributed by atoms with Gasteiger partial charge in [-0.1, -0.05) is 25.2 Å². The molecule has 1 heterocycles. The van der Waals surface area contributed by atoms with Gasteiger partial charge in [-0.15, -0.1) is 0 Å². The summed E-state index contributed by atoms with van der Waals surface area (Å²) >= 11 is 1.07. The molecular formula is C12H15FN2OS. The Hall–Kier alpha value is -1.36. The van der Waals surface area contributed by atoms with Gasteiger partial charge in [0.05, 0.1) is 15.9 Å². The van der Waals surface area contributed by atoms with E-state index in [9.17, 15) is 9.18 Å². The first-order chi connectivity index (χ1) is 7.99. The van der Waals surface area contributed by atoms with Gasteiger partial charge in [-0.25, -0.2) is 4.39 Å². The van der Waals surface area contributed by atoms with E-state index in [1.54, 1.807) is 10.6 Å². The first-order valence-corrected chi connectivity index (χ1v) is 6.39. The predicted molar refractivity (Wildman–Crippen MR) is 69.9 cm³/mol. The summed E-state index contributed by atoms with van der Waals surface area (Å²) in [6.07, 6.45) is 0.920. The van der Waals surface area contributed by atoms with E-state index < -0.39 is 5.82 Å². The molecule has 3 nitrogen and oxygen atoms in total. The summed E-state index contributed by atoms with van der Waals surface area (Å²) in [6.45, 7) is 4.86. The molecule has 0 fully saturated rings. The molecule has 0 atom stereocenters.